The molecule has 0 radical (unpaired) electrons. The molecule has 0 aliphatic heterocycles. The Morgan fingerprint density at radius 1 is 1.21 bits per heavy atom. The van der Waals surface area contributed by atoms with Gasteiger partial charge in [0.25, 0.3) is 0 Å². The molecule has 0 bridgehead atoms. The first-order chi connectivity index (χ1) is 11.2. The van der Waals surface area contributed by atoms with E-state index in [9.17, 15) is 9.59 Å². The molecule has 0 spiro atoms. The molecule has 0 atom stereocenters. The molecule has 1 aromatic rings. The molecular weight excluding hydrogens is 310 g/mol. The monoisotopic (exact) mass is 337 g/mol. The third kappa shape index (κ3) is 6.58. The van der Waals surface area contributed by atoms with Crippen molar-refractivity contribution in [3.05, 3.63) is 23.3 Å². The molecule has 24 heavy (non-hydrogen) atoms. The Hall–Kier alpha value is -2.08. The van der Waals surface area contributed by atoms with E-state index in [0.29, 0.717) is 30.8 Å². The van der Waals surface area contributed by atoms with Crippen LogP contribution in [0.25, 0.3) is 0 Å². The van der Waals surface area contributed by atoms with E-state index in [1.54, 1.807) is 26.8 Å². The number of rotatable bonds is 8. The minimum atomic E-state index is -0.591. The van der Waals surface area contributed by atoms with Gasteiger partial charge in [0.1, 0.15) is 5.60 Å². The molecule has 0 heterocycles. The summed E-state index contributed by atoms with van der Waals surface area (Å²) in [4.78, 5) is 25.2. The zero-order valence-corrected chi connectivity index (χ0v) is 15.3. The Balaban J connectivity index is 3.02. The van der Waals surface area contributed by atoms with Crippen LogP contribution in [0.15, 0.2) is 12.1 Å². The molecule has 0 aliphatic carbocycles. The maximum Gasteiger partial charge on any atom is 0.344 e. The summed E-state index contributed by atoms with van der Waals surface area (Å²) in [5, 5.41) is 0. The summed E-state index contributed by atoms with van der Waals surface area (Å²) in [6.45, 7) is 7.98. The molecule has 0 aliphatic rings. The summed E-state index contributed by atoms with van der Waals surface area (Å²) in [6, 6.07) is 3.56. The van der Waals surface area contributed by atoms with Crippen LogP contribution in [0.1, 0.15) is 43.6 Å². The highest BCUT2D eigenvalue weighted by molar-refractivity contribution is 5.82. The summed E-state index contributed by atoms with van der Waals surface area (Å²) in [5.41, 5.74) is 0.684. The lowest BCUT2D eigenvalue weighted by Crippen LogP contribution is -2.27. The third-order valence-corrected chi connectivity index (χ3v) is 2.82. The summed E-state index contributed by atoms with van der Waals surface area (Å²) in [5.74, 6) is 0.210. The molecule has 0 fully saturated rings. The molecule has 1 aromatic carbocycles. The number of hydrogen-bond acceptors (Lipinski definition) is 6. The van der Waals surface area contributed by atoms with Crippen LogP contribution in [0.3, 0.4) is 0 Å². The van der Waals surface area contributed by atoms with E-state index in [0.717, 1.165) is 5.56 Å². The van der Waals surface area contributed by atoms with Gasteiger partial charge in [-0.25, -0.2) is 4.79 Å². The quantitative estimate of drug-likeness (QED) is 0.537. The predicted molar refractivity (Wildman–Crippen MR) is 91.7 cm³/mol. The van der Waals surface area contributed by atoms with Gasteiger partial charge in [-0.1, -0.05) is 0 Å². The summed E-state index contributed by atoms with van der Waals surface area (Å²) >= 11 is 0. The van der Waals surface area contributed by atoms with Crippen molar-refractivity contribution in [2.75, 3.05) is 27.3 Å². The molecule has 0 aromatic heterocycles. The van der Waals surface area contributed by atoms with Gasteiger partial charge in [-0.2, -0.15) is 0 Å². The number of ether oxygens (including phenoxy) is 3. The lowest BCUT2D eigenvalue weighted by molar-refractivity contribution is -0.157. The van der Waals surface area contributed by atoms with Crippen LogP contribution in [0.4, 0.5) is 0 Å². The SMILES string of the molecule is CCOc1cc(CN(C)C)cc(C=O)c1OCC(=O)OC(C)(C)C. The van der Waals surface area contributed by atoms with E-state index >= 15 is 0 Å². The van der Waals surface area contributed by atoms with E-state index < -0.39 is 11.6 Å². The van der Waals surface area contributed by atoms with Gasteiger partial charge in [0.15, 0.2) is 24.4 Å². The maximum atomic E-state index is 11.8. The fourth-order valence-corrected chi connectivity index (χ4v) is 2.15. The normalized spacial score (nSPS) is 11.3. The molecule has 0 saturated carbocycles. The second-order valence-electron chi connectivity index (χ2n) is 6.68. The van der Waals surface area contributed by atoms with Crippen LogP contribution in [0, 0.1) is 0 Å². The fraction of sp³-hybridized carbons (Fsp3) is 0.556. The lowest BCUT2D eigenvalue weighted by Gasteiger charge is -2.20. The van der Waals surface area contributed by atoms with Crippen molar-refractivity contribution < 1.29 is 23.8 Å². The highest BCUT2D eigenvalue weighted by atomic mass is 16.6. The Labute approximate surface area is 143 Å². The van der Waals surface area contributed by atoms with Gasteiger partial charge in [-0.3, -0.25) is 4.79 Å². The van der Waals surface area contributed by atoms with Gasteiger partial charge < -0.3 is 19.1 Å². The highest BCUT2D eigenvalue weighted by Gasteiger charge is 2.19. The van der Waals surface area contributed by atoms with Crippen molar-refractivity contribution in [1.29, 1.82) is 0 Å². The van der Waals surface area contributed by atoms with Crippen molar-refractivity contribution in [2.45, 2.75) is 39.8 Å². The largest absolute Gasteiger partial charge is 0.490 e. The van der Waals surface area contributed by atoms with E-state index in [1.807, 2.05) is 32.0 Å². The number of carbonyl (C=O) groups excluding carboxylic acids is 2. The van der Waals surface area contributed by atoms with Crippen LogP contribution in [-0.4, -0.2) is 50.1 Å². The van der Waals surface area contributed by atoms with Crippen LogP contribution in [0.2, 0.25) is 0 Å². The maximum absolute atomic E-state index is 11.8. The van der Waals surface area contributed by atoms with E-state index in [2.05, 4.69) is 0 Å². The van der Waals surface area contributed by atoms with Gasteiger partial charge >= 0.3 is 5.97 Å². The van der Waals surface area contributed by atoms with Gasteiger partial charge in [0.2, 0.25) is 0 Å². The van der Waals surface area contributed by atoms with E-state index in [4.69, 9.17) is 14.2 Å². The van der Waals surface area contributed by atoms with Crippen molar-refractivity contribution in [3.8, 4) is 11.5 Å². The van der Waals surface area contributed by atoms with Crippen LogP contribution in [0.5, 0.6) is 11.5 Å². The number of nitrogens with zero attached hydrogens (tertiary/aromatic N) is 1. The Bertz CT molecular complexity index is 576. The molecule has 0 unspecified atom stereocenters. The number of aldehydes is 1. The van der Waals surface area contributed by atoms with Crippen molar-refractivity contribution in [3.63, 3.8) is 0 Å². The Morgan fingerprint density at radius 2 is 1.88 bits per heavy atom. The number of carbonyl (C=O) groups is 2. The fourth-order valence-electron chi connectivity index (χ4n) is 2.15. The van der Waals surface area contributed by atoms with Crippen molar-refractivity contribution in [1.82, 2.24) is 4.90 Å². The first-order valence-corrected chi connectivity index (χ1v) is 7.90. The molecule has 6 nitrogen and oxygen atoms in total. The lowest BCUT2D eigenvalue weighted by atomic mass is 10.1. The summed E-state index contributed by atoms with van der Waals surface area (Å²) < 4.78 is 16.3. The van der Waals surface area contributed by atoms with Gasteiger partial charge in [-0.05, 0) is 59.5 Å². The minimum absolute atomic E-state index is 0.264. The Morgan fingerprint density at radius 3 is 2.38 bits per heavy atom. The zero-order chi connectivity index (χ0) is 18.3. The average Bonchev–Trinajstić information content (AvgIpc) is 2.43. The molecule has 0 amide bonds. The molecular formula is C18H27NO5. The molecule has 0 saturated heterocycles. The predicted octanol–water partition coefficient (Wildman–Crippen LogP) is 2.68. The smallest absolute Gasteiger partial charge is 0.344 e. The van der Waals surface area contributed by atoms with E-state index in [1.165, 1.54) is 0 Å². The second-order valence-corrected chi connectivity index (χ2v) is 6.68. The van der Waals surface area contributed by atoms with Crippen LogP contribution >= 0.6 is 0 Å². The van der Waals surface area contributed by atoms with Crippen LogP contribution in [-0.2, 0) is 16.1 Å². The zero-order valence-electron chi connectivity index (χ0n) is 15.3. The molecule has 134 valence electrons. The van der Waals surface area contributed by atoms with Crippen LogP contribution < -0.4 is 9.47 Å². The van der Waals surface area contributed by atoms with Gasteiger partial charge in [0.05, 0.1) is 12.2 Å². The number of esters is 1. The first-order valence-electron chi connectivity index (χ1n) is 7.90. The second kappa shape index (κ2) is 8.68. The van der Waals surface area contributed by atoms with Gasteiger partial charge in [-0.15, -0.1) is 0 Å². The number of hydrogen-bond donors (Lipinski definition) is 0. The standard InChI is InChI=1S/C18H27NO5/c1-7-22-15-9-13(10-19(5)6)8-14(11-20)17(15)23-12-16(21)24-18(2,3)4/h8-9,11H,7,10,12H2,1-6H3. The highest BCUT2D eigenvalue weighted by Crippen LogP contribution is 2.33. The third-order valence-electron chi connectivity index (χ3n) is 2.82. The molecule has 0 N–H and O–H groups in total. The summed E-state index contributed by atoms with van der Waals surface area (Å²) in [7, 11) is 3.88. The molecule has 1 rings (SSSR count). The van der Waals surface area contributed by atoms with Gasteiger partial charge in [0, 0.05) is 6.54 Å². The molecule has 6 heteroatoms. The Kier molecular flexibility index (Phi) is 7.22. The first kappa shape index (κ1) is 20.0. The van der Waals surface area contributed by atoms with Crippen molar-refractivity contribution >= 4 is 12.3 Å². The summed E-state index contributed by atoms with van der Waals surface area (Å²) in [6.07, 6.45) is 0.701. The van der Waals surface area contributed by atoms with Crippen molar-refractivity contribution in [2.24, 2.45) is 0 Å². The van der Waals surface area contributed by atoms with E-state index in [-0.39, 0.29) is 12.4 Å². The topological polar surface area (TPSA) is 65.1 Å². The number of benzene rings is 1. The average molecular weight is 337 g/mol. The minimum Gasteiger partial charge on any atom is -0.490 e.